The van der Waals surface area contributed by atoms with Gasteiger partial charge in [0.25, 0.3) is 0 Å². The van der Waals surface area contributed by atoms with Gasteiger partial charge in [0.1, 0.15) is 18.2 Å². The Bertz CT molecular complexity index is 1490. The molecule has 2 aliphatic heterocycles. The second kappa shape index (κ2) is 11.5. The summed E-state index contributed by atoms with van der Waals surface area (Å²) >= 11 is 0. The number of anilines is 1. The van der Waals surface area contributed by atoms with Crippen molar-refractivity contribution < 1.29 is 37.1 Å². The number of pyridine rings is 1. The van der Waals surface area contributed by atoms with Crippen LogP contribution in [-0.2, 0) is 26.9 Å². The van der Waals surface area contributed by atoms with Crippen LogP contribution in [0.2, 0.25) is 0 Å². The van der Waals surface area contributed by atoms with Gasteiger partial charge < -0.3 is 24.1 Å². The normalized spacial score (nSPS) is 18.6. The van der Waals surface area contributed by atoms with Gasteiger partial charge in [-0.1, -0.05) is 24.3 Å². The lowest BCUT2D eigenvalue weighted by atomic mass is 9.78. The van der Waals surface area contributed by atoms with E-state index >= 15 is 0 Å². The molecule has 0 radical (unpaired) electrons. The minimum absolute atomic E-state index is 0.135. The fourth-order valence-electron chi connectivity index (χ4n) is 5.30. The Kier molecular flexibility index (Phi) is 8.26. The van der Waals surface area contributed by atoms with Crippen molar-refractivity contribution in [2.24, 2.45) is 5.92 Å². The van der Waals surface area contributed by atoms with Gasteiger partial charge in [-0.05, 0) is 94.4 Å². The summed E-state index contributed by atoms with van der Waals surface area (Å²) in [6.45, 7) is 11.1. The van der Waals surface area contributed by atoms with Crippen LogP contribution < -0.4 is 15.1 Å². The summed E-state index contributed by atoms with van der Waals surface area (Å²) in [5.74, 6) is -0.363. The SMILES string of the molecule is Cc1cc(B2OC(C)(C)C(C)(C)O2)ccc1COc1ccc(C(F)(F)F)cc1-c1cccc(N2CCC(C(=O)O)CC2)n1. The molecule has 11 heteroatoms. The summed E-state index contributed by atoms with van der Waals surface area (Å²) < 4.78 is 59.6. The van der Waals surface area contributed by atoms with Crippen molar-refractivity contribution in [2.45, 2.75) is 71.4 Å². The number of rotatable bonds is 7. The highest BCUT2D eigenvalue weighted by molar-refractivity contribution is 6.62. The Morgan fingerprint density at radius 3 is 2.33 bits per heavy atom. The van der Waals surface area contributed by atoms with Crippen LogP contribution in [0.1, 0.15) is 57.2 Å². The van der Waals surface area contributed by atoms with Gasteiger partial charge in [0.05, 0.1) is 28.4 Å². The predicted octanol–water partition coefficient (Wildman–Crippen LogP) is 6.26. The molecule has 0 unspecified atom stereocenters. The number of carbonyl (C=O) groups is 1. The van der Waals surface area contributed by atoms with Crippen LogP contribution in [0.3, 0.4) is 0 Å². The first-order valence-corrected chi connectivity index (χ1v) is 14.4. The molecule has 0 amide bonds. The fourth-order valence-corrected chi connectivity index (χ4v) is 5.30. The molecule has 0 aliphatic carbocycles. The summed E-state index contributed by atoms with van der Waals surface area (Å²) in [7, 11) is -0.506. The van der Waals surface area contributed by atoms with Gasteiger partial charge >= 0.3 is 19.3 Å². The smallest absolute Gasteiger partial charge is 0.488 e. The first kappa shape index (κ1) is 30.9. The molecule has 43 heavy (non-hydrogen) atoms. The molecule has 0 spiro atoms. The Morgan fingerprint density at radius 2 is 1.72 bits per heavy atom. The van der Waals surface area contributed by atoms with E-state index in [0.29, 0.717) is 37.4 Å². The summed E-state index contributed by atoms with van der Waals surface area (Å²) in [4.78, 5) is 18.0. The van der Waals surface area contributed by atoms with Gasteiger partial charge in [-0.3, -0.25) is 4.79 Å². The first-order chi connectivity index (χ1) is 20.1. The molecule has 228 valence electrons. The number of piperidine rings is 1. The van der Waals surface area contributed by atoms with Gasteiger partial charge in [0.15, 0.2) is 0 Å². The van der Waals surface area contributed by atoms with E-state index in [1.165, 1.54) is 6.07 Å². The maximum absolute atomic E-state index is 13.7. The Balaban J connectivity index is 1.38. The van der Waals surface area contributed by atoms with E-state index in [1.807, 2.05) is 57.7 Å². The van der Waals surface area contributed by atoms with Gasteiger partial charge in [-0.15, -0.1) is 0 Å². The number of carboxylic acids is 1. The van der Waals surface area contributed by atoms with E-state index in [-0.39, 0.29) is 17.9 Å². The average molecular weight is 596 g/mol. The lowest BCUT2D eigenvalue weighted by Gasteiger charge is -2.32. The second-order valence-electron chi connectivity index (χ2n) is 12.3. The quantitative estimate of drug-likeness (QED) is 0.323. The third kappa shape index (κ3) is 6.52. The molecule has 2 saturated heterocycles. The highest BCUT2D eigenvalue weighted by atomic mass is 19.4. The van der Waals surface area contributed by atoms with Gasteiger partial charge in [0.2, 0.25) is 0 Å². The minimum Gasteiger partial charge on any atom is -0.488 e. The van der Waals surface area contributed by atoms with Crippen LogP contribution in [-0.4, -0.2) is 47.5 Å². The van der Waals surface area contributed by atoms with Gasteiger partial charge in [-0.25, -0.2) is 4.98 Å². The van der Waals surface area contributed by atoms with E-state index < -0.39 is 41.9 Å². The number of halogens is 3. The zero-order valence-electron chi connectivity index (χ0n) is 25.0. The van der Waals surface area contributed by atoms with E-state index in [2.05, 4.69) is 4.98 Å². The molecule has 5 rings (SSSR count). The molecule has 7 nitrogen and oxygen atoms in total. The molecule has 1 aromatic heterocycles. The highest BCUT2D eigenvalue weighted by Crippen LogP contribution is 2.39. The van der Waals surface area contributed by atoms with Crippen molar-refractivity contribution in [1.82, 2.24) is 4.98 Å². The number of aryl methyl sites for hydroxylation is 1. The number of nitrogens with zero attached hydrogens (tertiary/aromatic N) is 2. The maximum atomic E-state index is 13.7. The minimum atomic E-state index is -4.54. The lowest BCUT2D eigenvalue weighted by Crippen LogP contribution is -2.41. The third-order valence-electron chi connectivity index (χ3n) is 8.76. The van der Waals surface area contributed by atoms with E-state index in [1.54, 1.807) is 18.2 Å². The third-order valence-corrected chi connectivity index (χ3v) is 8.76. The summed E-state index contributed by atoms with van der Waals surface area (Å²) in [5.41, 5.74) is 1.52. The maximum Gasteiger partial charge on any atom is 0.494 e. The van der Waals surface area contributed by atoms with Crippen LogP contribution in [0.15, 0.2) is 54.6 Å². The van der Waals surface area contributed by atoms with E-state index in [4.69, 9.17) is 14.0 Å². The number of hydrogen-bond donors (Lipinski definition) is 1. The second-order valence-corrected chi connectivity index (χ2v) is 12.3. The van der Waals surface area contributed by atoms with Crippen LogP contribution in [0.25, 0.3) is 11.3 Å². The molecule has 2 aliphatic rings. The van der Waals surface area contributed by atoms with Crippen LogP contribution in [0.5, 0.6) is 5.75 Å². The number of aliphatic carboxylic acids is 1. The zero-order chi connectivity index (χ0) is 31.2. The molecule has 2 fully saturated rings. The van der Waals surface area contributed by atoms with Crippen molar-refractivity contribution in [1.29, 1.82) is 0 Å². The van der Waals surface area contributed by atoms with Gasteiger partial charge in [0, 0.05) is 18.7 Å². The summed E-state index contributed by atoms with van der Waals surface area (Å²) in [6.07, 6.45) is -3.58. The summed E-state index contributed by atoms with van der Waals surface area (Å²) in [6, 6.07) is 14.4. The first-order valence-electron chi connectivity index (χ1n) is 14.4. The largest absolute Gasteiger partial charge is 0.494 e. The van der Waals surface area contributed by atoms with Crippen LogP contribution in [0, 0.1) is 12.8 Å². The monoisotopic (exact) mass is 596 g/mol. The molecule has 0 saturated carbocycles. The fraction of sp³-hybridized carbons (Fsp3) is 0.438. The number of carboxylic acid groups (broad SMARTS) is 1. The number of benzene rings is 2. The highest BCUT2D eigenvalue weighted by Gasteiger charge is 2.51. The molecule has 0 bridgehead atoms. The Labute approximate surface area is 250 Å². The van der Waals surface area contributed by atoms with Crippen LogP contribution in [0.4, 0.5) is 19.0 Å². The number of ether oxygens (including phenoxy) is 1. The molecule has 3 heterocycles. The van der Waals surface area contributed by atoms with Crippen molar-refractivity contribution in [3.8, 4) is 17.0 Å². The zero-order valence-corrected chi connectivity index (χ0v) is 25.0. The molecule has 0 atom stereocenters. The van der Waals surface area contributed by atoms with Crippen LogP contribution >= 0.6 is 0 Å². The number of aromatic nitrogens is 1. The van der Waals surface area contributed by atoms with Gasteiger partial charge in [-0.2, -0.15) is 13.2 Å². The molecule has 1 N–H and O–H groups in total. The van der Waals surface area contributed by atoms with Crippen molar-refractivity contribution in [2.75, 3.05) is 18.0 Å². The number of hydrogen-bond acceptors (Lipinski definition) is 6. The Hall–Kier alpha value is -3.57. The van der Waals surface area contributed by atoms with Crippen molar-refractivity contribution in [3.63, 3.8) is 0 Å². The molecule has 2 aromatic carbocycles. The van der Waals surface area contributed by atoms with Crippen molar-refractivity contribution in [3.05, 3.63) is 71.3 Å². The predicted molar refractivity (Wildman–Crippen MR) is 158 cm³/mol. The van der Waals surface area contributed by atoms with E-state index in [0.717, 1.165) is 28.7 Å². The standard InChI is InChI=1S/C32H36BF3N2O5/c1-20-17-24(33-42-30(2,3)31(4,5)43-33)11-9-22(20)19-41-27-12-10-23(32(34,35)36)18-25(27)26-7-6-8-28(37-26)38-15-13-21(14-16-38)29(39)40/h6-12,17-18,21H,13-16,19H2,1-5H3,(H,39,40). The lowest BCUT2D eigenvalue weighted by molar-refractivity contribution is -0.142. The summed E-state index contributed by atoms with van der Waals surface area (Å²) in [5, 5.41) is 9.31. The average Bonchev–Trinajstić information content (AvgIpc) is 3.18. The molecular formula is C32H36BF3N2O5. The van der Waals surface area contributed by atoms with Crippen molar-refractivity contribution >= 4 is 24.4 Å². The number of alkyl halides is 3. The Morgan fingerprint density at radius 1 is 1.05 bits per heavy atom. The topological polar surface area (TPSA) is 81.1 Å². The van der Waals surface area contributed by atoms with E-state index in [9.17, 15) is 23.1 Å². The molecular weight excluding hydrogens is 560 g/mol. The molecule has 3 aromatic rings.